The molecule has 1 aliphatic rings. The monoisotopic (exact) mass is 409 g/mol. The third-order valence-electron chi connectivity index (χ3n) is 3.20. The van der Waals surface area contributed by atoms with Crippen molar-refractivity contribution in [3.05, 3.63) is 28.8 Å². The fourth-order valence-corrected chi connectivity index (χ4v) is 2.94. The van der Waals surface area contributed by atoms with Crippen LogP contribution < -0.4 is 10.6 Å². The minimum atomic E-state index is -4.72. The van der Waals surface area contributed by atoms with Crippen LogP contribution >= 0.6 is 23.4 Å². The maximum Gasteiger partial charge on any atom is 0.417 e. The molecule has 0 aliphatic carbocycles. The van der Waals surface area contributed by atoms with E-state index in [1.54, 1.807) is 0 Å². The Hall–Kier alpha value is -2.27. The zero-order valence-electron chi connectivity index (χ0n) is 12.9. The summed E-state index contributed by atoms with van der Waals surface area (Å²) >= 11 is 6.29. The van der Waals surface area contributed by atoms with Crippen LogP contribution in [0.1, 0.15) is 5.56 Å². The maximum atomic E-state index is 12.8. The van der Waals surface area contributed by atoms with Gasteiger partial charge in [0.15, 0.2) is 0 Å². The number of amides is 4. The van der Waals surface area contributed by atoms with Crippen LogP contribution in [0.15, 0.2) is 18.2 Å². The predicted octanol–water partition coefficient (Wildman–Crippen LogP) is 2.11. The molecule has 0 radical (unpaired) electrons. The van der Waals surface area contributed by atoms with Crippen molar-refractivity contribution in [2.24, 2.45) is 0 Å². The lowest BCUT2D eigenvalue weighted by Gasteiger charge is -2.13. The summed E-state index contributed by atoms with van der Waals surface area (Å²) in [6.45, 7) is -0.276. The molecule has 1 aromatic carbocycles. The summed E-state index contributed by atoms with van der Waals surface area (Å²) in [6.07, 6.45) is -4.72. The zero-order chi connectivity index (χ0) is 19.5. The number of alkyl halides is 3. The van der Waals surface area contributed by atoms with Gasteiger partial charge in [-0.05, 0) is 18.2 Å². The average molecular weight is 410 g/mol. The highest BCUT2D eigenvalue weighted by atomic mass is 35.5. The smallest absolute Gasteiger partial charge is 0.346 e. The topological polar surface area (TPSA) is 95.6 Å². The number of nitrogens with zero attached hydrogens (tertiary/aromatic N) is 1. The van der Waals surface area contributed by atoms with Gasteiger partial charge in [0.05, 0.1) is 16.3 Å². The summed E-state index contributed by atoms with van der Waals surface area (Å²) in [6, 6.07) is 2.66. The fourth-order valence-electron chi connectivity index (χ4n) is 1.97. The van der Waals surface area contributed by atoms with Crippen molar-refractivity contribution in [3.8, 4) is 0 Å². The number of hydrogen-bond donors (Lipinski definition) is 2. The highest BCUT2D eigenvalue weighted by molar-refractivity contribution is 8.14. The second-order valence-corrected chi connectivity index (χ2v) is 6.34. The molecule has 1 heterocycles. The average Bonchev–Trinajstić information content (AvgIpc) is 2.87. The fraction of sp³-hybridized carbons (Fsp3) is 0.286. The minimum absolute atomic E-state index is 0.0192. The molecule has 4 amide bonds. The van der Waals surface area contributed by atoms with Crippen molar-refractivity contribution in [2.75, 3.05) is 24.2 Å². The van der Waals surface area contributed by atoms with Gasteiger partial charge in [-0.3, -0.25) is 24.1 Å². The van der Waals surface area contributed by atoms with Gasteiger partial charge in [-0.2, -0.15) is 13.2 Å². The summed E-state index contributed by atoms with van der Waals surface area (Å²) < 4.78 is 38.3. The van der Waals surface area contributed by atoms with Gasteiger partial charge >= 0.3 is 18.0 Å². The van der Waals surface area contributed by atoms with E-state index in [1.807, 2.05) is 5.32 Å². The van der Waals surface area contributed by atoms with Gasteiger partial charge in [0.2, 0.25) is 5.91 Å². The lowest BCUT2D eigenvalue weighted by molar-refractivity contribution is -0.137. The highest BCUT2D eigenvalue weighted by Crippen LogP contribution is 2.36. The van der Waals surface area contributed by atoms with Crippen LogP contribution in [-0.4, -0.2) is 46.7 Å². The second-order valence-electron chi connectivity index (χ2n) is 5.00. The summed E-state index contributed by atoms with van der Waals surface area (Å²) in [5.41, 5.74) is -1.41. The molecular formula is C14H11ClF3N3O4S. The molecular weight excluding hydrogens is 399 g/mol. The molecule has 1 fully saturated rings. The number of rotatable bonds is 4. The Morgan fingerprint density at radius 3 is 2.50 bits per heavy atom. The Balaban J connectivity index is 1.90. The molecule has 12 heteroatoms. The zero-order valence-corrected chi connectivity index (χ0v) is 14.4. The van der Waals surface area contributed by atoms with Crippen LogP contribution in [0.2, 0.25) is 5.02 Å². The first kappa shape index (κ1) is 20.0. The number of thioether (sulfide) groups is 1. The quantitative estimate of drug-likeness (QED) is 0.743. The van der Waals surface area contributed by atoms with Gasteiger partial charge in [0.1, 0.15) is 0 Å². The number of halogens is 4. The van der Waals surface area contributed by atoms with Crippen LogP contribution in [-0.2, 0) is 20.6 Å². The normalized spacial score (nSPS) is 14.5. The van der Waals surface area contributed by atoms with Crippen LogP contribution in [0, 0.1) is 0 Å². The van der Waals surface area contributed by atoms with Gasteiger partial charge in [-0.1, -0.05) is 23.4 Å². The van der Waals surface area contributed by atoms with Crippen molar-refractivity contribution in [1.29, 1.82) is 0 Å². The lowest BCUT2D eigenvalue weighted by atomic mass is 10.2. The van der Waals surface area contributed by atoms with E-state index in [4.69, 9.17) is 11.6 Å². The predicted molar refractivity (Wildman–Crippen MR) is 87.7 cm³/mol. The summed E-state index contributed by atoms with van der Waals surface area (Å²) in [5, 5.41) is 3.20. The molecule has 26 heavy (non-hydrogen) atoms. The molecule has 2 N–H and O–H groups in total. The molecule has 1 saturated heterocycles. The molecule has 7 nitrogen and oxygen atoms in total. The Morgan fingerprint density at radius 2 is 1.92 bits per heavy atom. The van der Waals surface area contributed by atoms with Crippen LogP contribution in [0.5, 0.6) is 0 Å². The van der Waals surface area contributed by atoms with Gasteiger partial charge in [0.25, 0.3) is 5.24 Å². The SMILES string of the molecule is O=C(NCCN1C(=O)CSC1=O)C(=O)Nc1ccc(Cl)c(C(F)(F)F)c1. The molecule has 1 aliphatic heterocycles. The number of nitrogens with one attached hydrogen (secondary N) is 2. The highest BCUT2D eigenvalue weighted by Gasteiger charge is 2.33. The van der Waals surface area contributed by atoms with Crippen molar-refractivity contribution < 1.29 is 32.3 Å². The van der Waals surface area contributed by atoms with E-state index in [-0.39, 0.29) is 24.5 Å². The van der Waals surface area contributed by atoms with Crippen LogP contribution in [0.3, 0.4) is 0 Å². The van der Waals surface area contributed by atoms with E-state index in [9.17, 15) is 32.3 Å². The first-order valence-electron chi connectivity index (χ1n) is 7.02. The van der Waals surface area contributed by atoms with Gasteiger partial charge in [-0.15, -0.1) is 0 Å². The number of benzene rings is 1. The standard InChI is InChI=1S/C14H11ClF3N3O4S/c15-9-2-1-7(5-8(9)14(16,17)18)20-12(24)11(23)19-3-4-21-10(22)6-26-13(21)25/h1-2,5H,3-4,6H2,(H,19,23)(H,20,24). The number of carbonyl (C=O) groups is 4. The maximum absolute atomic E-state index is 12.8. The number of hydrogen-bond acceptors (Lipinski definition) is 5. The molecule has 0 unspecified atom stereocenters. The first-order valence-corrected chi connectivity index (χ1v) is 8.39. The molecule has 0 saturated carbocycles. The van der Waals surface area contributed by atoms with Gasteiger partial charge in [-0.25, -0.2) is 0 Å². The minimum Gasteiger partial charge on any atom is -0.346 e. The Bertz CT molecular complexity index is 756. The second kappa shape index (κ2) is 7.96. The van der Waals surface area contributed by atoms with Crippen LogP contribution in [0.25, 0.3) is 0 Å². The lowest BCUT2D eigenvalue weighted by Crippen LogP contribution is -2.41. The third-order valence-corrected chi connectivity index (χ3v) is 4.39. The van der Waals surface area contributed by atoms with E-state index < -0.39 is 39.7 Å². The summed E-state index contributed by atoms with van der Waals surface area (Å²) in [7, 11) is 0. The van der Waals surface area contributed by atoms with E-state index in [2.05, 4.69) is 5.32 Å². The molecule has 1 aromatic rings. The summed E-state index contributed by atoms with van der Waals surface area (Å²) in [4.78, 5) is 47.0. The Labute approximate surface area is 154 Å². The van der Waals surface area contributed by atoms with Crippen molar-refractivity contribution in [2.45, 2.75) is 6.18 Å². The van der Waals surface area contributed by atoms with Gasteiger partial charge in [0, 0.05) is 18.8 Å². The van der Waals surface area contributed by atoms with Crippen LogP contribution in [0.4, 0.5) is 23.7 Å². The first-order chi connectivity index (χ1) is 12.1. The van der Waals surface area contributed by atoms with Crippen molar-refractivity contribution >= 4 is 52.0 Å². The van der Waals surface area contributed by atoms with E-state index >= 15 is 0 Å². The molecule has 0 spiro atoms. The number of carbonyl (C=O) groups excluding carboxylic acids is 4. The third kappa shape index (κ3) is 4.88. The van der Waals surface area contributed by atoms with E-state index in [0.717, 1.165) is 28.8 Å². The molecule has 0 bridgehead atoms. The number of imide groups is 1. The Morgan fingerprint density at radius 1 is 1.23 bits per heavy atom. The Kier molecular flexibility index (Phi) is 6.13. The van der Waals surface area contributed by atoms with E-state index in [1.165, 1.54) is 0 Å². The van der Waals surface area contributed by atoms with Gasteiger partial charge < -0.3 is 10.6 Å². The summed E-state index contributed by atoms with van der Waals surface area (Å²) in [5.74, 6) is -2.71. The molecule has 0 atom stereocenters. The largest absolute Gasteiger partial charge is 0.417 e. The van der Waals surface area contributed by atoms with Crippen molar-refractivity contribution in [1.82, 2.24) is 10.2 Å². The van der Waals surface area contributed by atoms with E-state index in [0.29, 0.717) is 6.07 Å². The number of anilines is 1. The molecule has 2 rings (SSSR count). The molecule has 140 valence electrons. The molecule has 0 aromatic heterocycles. The van der Waals surface area contributed by atoms with Crippen molar-refractivity contribution in [3.63, 3.8) is 0 Å².